The second-order valence-corrected chi connectivity index (χ2v) is 3.77. The summed E-state index contributed by atoms with van der Waals surface area (Å²) in [5.74, 6) is 1.64. The van der Waals surface area contributed by atoms with E-state index >= 15 is 0 Å². The Balaban J connectivity index is 2.20. The maximum atomic E-state index is 5.58. The monoisotopic (exact) mass is 227 g/mol. The molecular weight excluding hydrogens is 210 g/mol. The van der Waals surface area contributed by atoms with Gasteiger partial charge < -0.3 is 10.1 Å². The van der Waals surface area contributed by atoms with Crippen LogP contribution < -0.4 is 10.1 Å². The van der Waals surface area contributed by atoms with E-state index in [1.54, 1.807) is 7.11 Å². The first-order chi connectivity index (χ1) is 7.36. The first-order valence-electron chi connectivity index (χ1n) is 5.26. The smallest absolute Gasteiger partial charge is 0.118 e. The van der Waals surface area contributed by atoms with Crippen LogP contribution in [-0.2, 0) is 6.42 Å². The topological polar surface area (TPSA) is 21.3 Å². The first-order valence-corrected chi connectivity index (χ1v) is 5.80. The van der Waals surface area contributed by atoms with E-state index in [-0.39, 0.29) is 0 Å². The fraction of sp³-hybridized carbons (Fsp3) is 0.500. The lowest BCUT2D eigenvalue weighted by Gasteiger charge is -2.04. The summed E-state index contributed by atoms with van der Waals surface area (Å²) in [6, 6.07) is 8.19. The molecule has 0 unspecified atom stereocenters. The number of rotatable bonds is 7. The summed E-state index contributed by atoms with van der Waals surface area (Å²) in [5.41, 5.74) is 1.33. The Bertz CT molecular complexity index is 261. The van der Waals surface area contributed by atoms with Crippen molar-refractivity contribution in [2.45, 2.75) is 12.8 Å². The standard InChI is InChI=1S/C12H18ClNO/c1-15-12-5-3-11(4-6-12)7-10-14-9-2-8-13/h3-6,14H,2,7-10H2,1H3. The van der Waals surface area contributed by atoms with E-state index in [2.05, 4.69) is 17.4 Å². The number of benzene rings is 1. The third-order valence-electron chi connectivity index (χ3n) is 2.24. The Kier molecular flexibility index (Phi) is 6.21. The summed E-state index contributed by atoms with van der Waals surface area (Å²) in [7, 11) is 1.68. The molecule has 0 saturated carbocycles. The molecule has 0 fully saturated rings. The van der Waals surface area contributed by atoms with Gasteiger partial charge in [0.15, 0.2) is 0 Å². The van der Waals surface area contributed by atoms with Gasteiger partial charge in [0.05, 0.1) is 7.11 Å². The zero-order chi connectivity index (χ0) is 10.9. The predicted molar refractivity (Wildman–Crippen MR) is 64.9 cm³/mol. The number of alkyl halides is 1. The molecule has 0 spiro atoms. The molecule has 2 nitrogen and oxygen atoms in total. The number of halogens is 1. The molecular formula is C12H18ClNO. The second-order valence-electron chi connectivity index (χ2n) is 3.39. The molecule has 0 saturated heterocycles. The van der Waals surface area contributed by atoms with Crippen LogP contribution in [0.2, 0.25) is 0 Å². The lowest BCUT2D eigenvalue weighted by atomic mass is 10.1. The van der Waals surface area contributed by atoms with Crippen molar-refractivity contribution >= 4 is 11.6 Å². The van der Waals surface area contributed by atoms with E-state index in [0.717, 1.165) is 37.6 Å². The fourth-order valence-electron chi connectivity index (χ4n) is 1.34. The second kappa shape index (κ2) is 7.55. The average molecular weight is 228 g/mol. The van der Waals surface area contributed by atoms with Gasteiger partial charge in [-0.25, -0.2) is 0 Å². The molecule has 1 rings (SSSR count). The minimum Gasteiger partial charge on any atom is -0.497 e. The quantitative estimate of drug-likeness (QED) is 0.571. The Labute approximate surface area is 96.6 Å². The summed E-state index contributed by atoms with van der Waals surface area (Å²) in [6.45, 7) is 2.00. The fourth-order valence-corrected chi connectivity index (χ4v) is 1.48. The van der Waals surface area contributed by atoms with E-state index in [4.69, 9.17) is 16.3 Å². The van der Waals surface area contributed by atoms with Crippen molar-refractivity contribution in [1.82, 2.24) is 5.32 Å². The molecule has 0 radical (unpaired) electrons. The van der Waals surface area contributed by atoms with Gasteiger partial charge in [-0.3, -0.25) is 0 Å². The number of hydrogen-bond acceptors (Lipinski definition) is 2. The highest BCUT2D eigenvalue weighted by Crippen LogP contribution is 2.11. The zero-order valence-electron chi connectivity index (χ0n) is 9.13. The minimum absolute atomic E-state index is 0.732. The van der Waals surface area contributed by atoms with E-state index < -0.39 is 0 Å². The van der Waals surface area contributed by atoms with Gasteiger partial charge in [0.1, 0.15) is 5.75 Å². The molecule has 15 heavy (non-hydrogen) atoms. The Morgan fingerprint density at radius 2 is 1.93 bits per heavy atom. The summed E-state index contributed by atoms with van der Waals surface area (Å²) >= 11 is 5.58. The lowest BCUT2D eigenvalue weighted by molar-refractivity contribution is 0.414. The number of ether oxygens (including phenoxy) is 1. The van der Waals surface area contributed by atoms with E-state index in [0.29, 0.717) is 0 Å². The van der Waals surface area contributed by atoms with Crippen LogP contribution in [0, 0.1) is 0 Å². The van der Waals surface area contributed by atoms with Gasteiger partial charge in [-0.05, 0) is 43.6 Å². The predicted octanol–water partition coefficient (Wildman–Crippen LogP) is 2.46. The van der Waals surface area contributed by atoms with Gasteiger partial charge in [-0.1, -0.05) is 12.1 Å². The maximum Gasteiger partial charge on any atom is 0.118 e. The molecule has 0 heterocycles. The van der Waals surface area contributed by atoms with Crippen LogP contribution in [0.4, 0.5) is 0 Å². The lowest BCUT2D eigenvalue weighted by Crippen LogP contribution is -2.18. The van der Waals surface area contributed by atoms with Gasteiger partial charge in [0.25, 0.3) is 0 Å². The molecule has 1 N–H and O–H groups in total. The molecule has 0 aliphatic carbocycles. The van der Waals surface area contributed by atoms with Gasteiger partial charge in [0, 0.05) is 5.88 Å². The SMILES string of the molecule is COc1ccc(CCNCCCCl)cc1. The molecule has 3 heteroatoms. The third-order valence-corrected chi connectivity index (χ3v) is 2.50. The average Bonchev–Trinajstić information content (AvgIpc) is 2.30. The number of nitrogens with one attached hydrogen (secondary N) is 1. The molecule has 0 aliphatic heterocycles. The summed E-state index contributed by atoms with van der Waals surface area (Å²) < 4.78 is 5.10. The van der Waals surface area contributed by atoms with Crippen LogP contribution in [0.5, 0.6) is 5.75 Å². The van der Waals surface area contributed by atoms with Crippen molar-refractivity contribution in [1.29, 1.82) is 0 Å². The van der Waals surface area contributed by atoms with Crippen molar-refractivity contribution in [3.63, 3.8) is 0 Å². The molecule has 1 aromatic rings. The minimum atomic E-state index is 0.732. The van der Waals surface area contributed by atoms with Gasteiger partial charge >= 0.3 is 0 Å². The van der Waals surface area contributed by atoms with Crippen LogP contribution in [0.3, 0.4) is 0 Å². The van der Waals surface area contributed by atoms with Crippen LogP contribution >= 0.6 is 11.6 Å². The molecule has 0 amide bonds. The van der Waals surface area contributed by atoms with Gasteiger partial charge in [-0.2, -0.15) is 0 Å². The van der Waals surface area contributed by atoms with Crippen LogP contribution in [0.15, 0.2) is 24.3 Å². The molecule has 84 valence electrons. The third kappa shape index (κ3) is 5.05. The van der Waals surface area contributed by atoms with Crippen molar-refractivity contribution < 1.29 is 4.74 Å². The maximum absolute atomic E-state index is 5.58. The summed E-state index contributed by atoms with van der Waals surface area (Å²) in [5, 5.41) is 3.35. The summed E-state index contributed by atoms with van der Waals surface area (Å²) in [6.07, 6.45) is 2.08. The van der Waals surface area contributed by atoms with Crippen molar-refractivity contribution in [3.05, 3.63) is 29.8 Å². The largest absolute Gasteiger partial charge is 0.497 e. The Morgan fingerprint density at radius 3 is 2.53 bits per heavy atom. The van der Waals surface area contributed by atoms with E-state index in [9.17, 15) is 0 Å². The van der Waals surface area contributed by atoms with Gasteiger partial charge in [0.2, 0.25) is 0 Å². The van der Waals surface area contributed by atoms with Crippen LogP contribution in [0.25, 0.3) is 0 Å². The highest BCUT2D eigenvalue weighted by atomic mass is 35.5. The van der Waals surface area contributed by atoms with Gasteiger partial charge in [-0.15, -0.1) is 11.6 Å². The van der Waals surface area contributed by atoms with Crippen molar-refractivity contribution in [3.8, 4) is 5.75 Å². The van der Waals surface area contributed by atoms with Crippen LogP contribution in [-0.4, -0.2) is 26.1 Å². The number of methoxy groups -OCH3 is 1. The molecule has 0 bridgehead atoms. The number of hydrogen-bond donors (Lipinski definition) is 1. The Morgan fingerprint density at radius 1 is 1.20 bits per heavy atom. The zero-order valence-corrected chi connectivity index (χ0v) is 9.89. The highest BCUT2D eigenvalue weighted by molar-refractivity contribution is 6.17. The molecule has 0 aliphatic rings. The van der Waals surface area contributed by atoms with E-state index in [1.165, 1.54) is 5.56 Å². The van der Waals surface area contributed by atoms with E-state index in [1.807, 2.05) is 12.1 Å². The molecule has 1 aromatic carbocycles. The normalized spacial score (nSPS) is 10.3. The highest BCUT2D eigenvalue weighted by Gasteiger charge is 1.94. The Hall–Kier alpha value is -0.730. The van der Waals surface area contributed by atoms with Crippen LogP contribution in [0.1, 0.15) is 12.0 Å². The van der Waals surface area contributed by atoms with Crippen molar-refractivity contribution in [2.24, 2.45) is 0 Å². The molecule has 0 aromatic heterocycles. The van der Waals surface area contributed by atoms with Crippen molar-refractivity contribution in [2.75, 3.05) is 26.1 Å². The molecule has 0 atom stereocenters. The summed E-state index contributed by atoms with van der Waals surface area (Å²) in [4.78, 5) is 0. The first kappa shape index (κ1) is 12.3.